The minimum atomic E-state index is -3.95. The summed E-state index contributed by atoms with van der Waals surface area (Å²) >= 11 is 0. The van der Waals surface area contributed by atoms with Crippen LogP contribution in [0.4, 0.5) is 5.69 Å². The number of ether oxygens (including phenoxy) is 2. The molecule has 10 heteroatoms. The summed E-state index contributed by atoms with van der Waals surface area (Å²) in [5, 5.41) is 2.92. The molecule has 0 aliphatic rings. The minimum Gasteiger partial charge on any atom is -0.497 e. The van der Waals surface area contributed by atoms with Crippen LogP contribution in [0.25, 0.3) is 0 Å². The molecule has 3 rings (SSSR count). The quantitative estimate of drug-likeness (QED) is 0.319. The highest BCUT2D eigenvalue weighted by molar-refractivity contribution is 7.92. The smallest absolute Gasteiger partial charge is 0.244 e. The molecular weight excluding hydrogens is 530 g/mol. The van der Waals surface area contributed by atoms with E-state index in [1.54, 1.807) is 12.1 Å². The van der Waals surface area contributed by atoms with Gasteiger partial charge in [-0.3, -0.25) is 13.9 Å². The first-order valence-corrected chi connectivity index (χ1v) is 14.9. The Bertz CT molecular complexity index is 1370. The molecule has 214 valence electrons. The average molecular weight is 568 g/mol. The normalized spacial score (nSPS) is 11.8. The van der Waals surface area contributed by atoms with Crippen molar-refractivity contribution in [2.24, 2.45) is 0 Å². The summed E-state index contributed by atoms with van der Waals surface area (Å²) in [6, 6.07) is 22.6. The second kappa shape index (κ2) is 14.4. The average Bonchev–Trinajstić information content (AvgIpc) is 2.96. The predicted molar refractivity (Wildman–Crippen MR) is 156 cm³/mol. The standard InChI is InChI=1S/C30H37N3O6S/c1-5-18-31-30(35)27(19-23-12-8-6-9-13-23)32(21-24-14-10-7-11-15-24)29(34)22-33(40(4,36)37)26-20-25(38-2)16-17-28(26)39-3/h6-17,20,27H,5,18-19,21-22H2,1-4H3,(H,31,35). The zero-order valence-corrected chi connectivity index (χ0v) is 24.2. The fourth-order valence-electron chi connectivity index (χ4n) is 4.29. The van der Waals surface area contributed by atoms with Gasteiger partial charge in [0.05, 0.1) is 26.2 Å². The van der Waals surface area contributed by atoms with Crippen molar-refractivity contribution in [3.05, 3.63) is 90.0 Å². The molecule has 0 saturated carbocycles. The molecule has 1 atom stereocenters. The van der Waals surface area contributed by atoms with Crippen molar-refractivity contribution in [1.82, 2.24) is 10.2 Å². The number of hydrogen-bond donors (Lipinski definition) is 1. The Balaban J connectivity index is 2.07. The van der Waals surface area contributed by atoms with Crippen LogP contribution in [0.15, 0.2) is 78.9 Å². The largest absolute Gasteiger partial charge is 0.497 e. The van der Waals surface area contributed by atoms with Crippen molar-refractivity contribution < 1.29 is 27.5 Å². The van der Waals surface area contributed by atoms with Gasteiger partial charge in [0.1, 0.15) is 24.1 Å². The van der Waals surface area contributed by atoms with Crippen LogP contribution < -0.4 is 19.1 Å². The SMILES string of the molecule is CCCNC(=O)C(Cc1ccccc1)N(Cc1ccccc1)C(=O)CN(c1cc(OC)ccc1OC)S(C)(=O)=O. The second-order valence-electron chi connectivity index (χ2n) is 9.31. The third kappa shape index (κ3) is 8.22. The van der Waals surface area contributed by atoms with E-state index in [2.05, 4.69) is 5.32 Å². The van der Waals surface area contributed by atoms with E-state index >= 15 is 0 Å². The van der Waals surface area contributed by atoms with Crippen LogP contribution in [0, 0.1) is 0 Å². The molecule has 0 aliphatic heterocycles. The van der Waals surface area contributed by atoms with Crippen LogP contribution >= 0.6 is 0 Å². The molecule has 3 aromatic rings. The highest BCUT2D eigenvalue weighted by Gasteiger charge is 2.33. The molecule has 40 heavy (non-hydrogen) atoms. The summed E-state index contributed by atoms with van der Waals surface area (Å²) < 4.78 is 37.8. The third-order valence-corrected chi connectivity index (χ3v) is 7.48. The van der Waals surface area contributed by atoms with E-state index in [1.807, 2.05) is 67.6 Å². The van der Waals surface area contributed by atoms with Crippen molar-refractivity contribution in [1.29, 1.82) is 0 Å². The topological polar surface area (TPSA) is 105 Å². The number of amides is 2. The van der Waals surface area contributed by atoms with Gasteiger partial charge in [-0.15, -0.1) is 0 Å². The number of carbonyl (C=O) groups excluding carboxylic acids is 2. The van der Waals surface area contributed by atoms with Crippen molar-refractivity contribution in [3.8, 4) is 11.5 Å². The van der Waals surface area contributed by atoms with Gasteiger partial charge < -0.3 is 19.7 Å². The molecule has 0 fully saturated rings. The van der Waals surface area contributed by atoms with E-state index in [-0.39, 0.29) is 30.3 Å². The molecule has 0 spiro atoms. The van der Waals surface area contributed by atoms with Crippen molar-refractivity contribution in [3.63, 3.8) is 0 Å². The van der Waals surface area contributed by atoms with Gasteiger partial charge in [-0.1, -0.05) is 67.6 Å². The van der Waals surface area contributed by atoms with Gasteiger partial charge in [0.25, 0.3) is 0 Å². The second-order valence-corrected chi connectivity index (χ2v) is 11.2. The number of methoxy groups -OCH3 is 2. The Morgan fingerprint density at radius 1 is 0.900 bits per heavy atom. The number of benzene rings is 3. The number of sulfonamides is 1. The van der Waals surface area contributed by atoms with Crippen LogP contribution in [0.5, 0.6) is 11.5 Å². The van der Waals surface area contributed by atoms with Gasteiger partial charge in [-0.2, -0.15) is 0 Å². The zero-order chi connectivity index (χ0) is 29.1. The summed E-state index contributed by atoms with van der Waals surface area (Å²) in [5.74, 6) is -0.180. The van der Waals surface area contributed by atoms with Crippen molar-refractivity contribution >= 4 is 27.5 Å². The van der Waals surface area contributed by atoms with Gasteiger partial charge in [0.2, 0.25) is 21.8 Å². The van der Waals surface area contributed by atoms with Gasteiger partial charge in [0, 0.05) is 25.6 Å². The zero-order valence-electron chi connectivity index (χ0n) is 23.4. The van der Waals surface area contributed by atoms with Crippen molar-refractivity contribution in [2.45, 2.75) is 32.4 Å². The van der Waals surface area contributed by atoms with E-state index < -0.39 is 28.5 Å². The molecular formula is C30H37N3O6S. The Hall–Kier alpha value is -4.05. The molecule has 9 nitrogen and oxygen atoms in total. The number of nitrogens with one attached hydrogen (secondary N) is 1. The summed E-state index contributed by atoms with van der Waals surface area (Å²) in [5.41, 5.74) is 1.84. The lowest BCUT2D eigenvalue weighted by Gasteiger charge is -2.33. The lowest BCUT2D eigenvalue weighted by atomic mass is 10.0. The van der Waals surface area contributed by atoms with Gasteiger partial charge in [-0.05, 0) is 29.7 Å². The first kappa shape index (κ1) is 30.5. The van der Waals surface area contributed by atoms with E-state index in [0.717, 1.165) is 28.1 Å². The molecule has 0 radical (unpaired) electrons. The third-order valence-electron chi connectivity index (χ3n) is 6.35. The molecule has 1 unspecified atom stereocenters. The van der Waals surface area contributed by atoms with Crippen LogP contribution in [0.1, 0.15) is 24.5 Å². The summed E-state index contributed by atoms with van der Waals surface area (Å²) in [6.45, 7) is 1.98. The highest BCUT2D eigenvalue weighted by atomic mass is 32.2. The lowest BCUT2D eigenvalue weighted by Crippen LogP contribution is -2.53. The number of hydrogen-bond acceptors (Lipinski definition) is 6. The van der Waals surface area contributed by atoms with Crippen molar-refractivity contribution in [2.75, 3.05) is 37.9 Å². The van der Waals surface area contributed by atoms with E-state index in [9.17, 15) is 18.0 Å². The molecule has 0 saturated heterocycles. The lowest BCUT2D eigenvalue weighted by molar-refractivity contribution is -0.140. The monoisotopic (exact) mass is 567 g/mol. The van der Waals surface area contributed by atoms with Crippen LogP contribution in [-0.2, 0) is 32.6 Å². The van der Waals surface area contributed by atoms with E-state index in [1.165, 1.54) is 25.2 Å². The Labute approximate surface area is 236 Å². The fraction of sp³-hybridized carbons (Fsp3) is 0.333. The van der Waals surface area contributed by atoms with E-state index in [4.69, 9.17) is 9.47 Å². The summed E-state index contributed by atoms with van der Waals surface area (Å²) in [7, 11) is -1.06. The van der Waals surface area contributed by atoms with Crippen LogP contribution in [0.2, 0.25) is 0 Å². The molecule has 1 N–H and O–H groups in total. The van der Waals surface area contributed by atoms with Gasteiger partial charge in [-0.25, -0.2) is 8.42 Å². The predicted octanol–water partition coefficient (Wildman–Crippen LogP) is 3.64. The summed E-state index contributed by atoms with van der Waals surface area (Å²) in [6.07, 6.45) is 2.01. The van der Waals surface area contributed by atoms with Gasteiger partial charge >= 0.3 is 0 Å². The Morgan fingerprint density at radius 2 is 1.52 bits per heavy atom. The number of carbonyl (C=O) groups is 2. The van der Waals surface area contributed by atoms with Crippen LogP contribution in [0.3, 0.4) is 0 Å². The summed E-state index contributed by atoms with van der Waals surface area (Å²) in [4.78, 5) is 29.1. The Morgan fingerprint density at radius 3 is 2.08 bits per heavy atom. The molecule has 2 amide bonds. The maximum Gasteiger partial charge on any atom is 0.244 e. The Kier molecular flexibility index (Phi) is 11.0. The number of rotatable bonds is 14. The molecule has 0 aliphatic carbocycles. The van der Waals surface area contributed by atoms with E-state index in [0.29, 0.717) is 12.3 Å². The number of nitrogens with zero attached hydrogens (tertiary/aromatic N) is 2. The molecule has 0 heterocycles. The molecule has 0 bridgehead atoms. The van der Waals surface area contributed by atoms with Crippen LogP contribution in [-0.4, -0.2) is 64.7 Å². The first-order chi connectivity index (χ1) is 19.2. The maximum absolute atomic E-state index is 14.1. The number of anilines is 1. The van der Waals surface area contributed by atoms with Gasteiger partial charge in [0.15, 0.2) is 0 Å². The first-order valence-electron chi connectivity index (χ1n) is 13.0. The highest BCUT2D eigenvalue weighted by Crippen LogP contribution is 2.34. The fourth-order valence-corrected chi connectivity index (χ4v) is 5.13. The molecule has 0 aromatic heterocycles. The minimum absolute atomic E-state index is 0.115. The maximum atomic E-state index is 14.1. The molecule has 3 aromatic carbocycles.